The number of hydrogen-bond donors (Lipinski definition) is 1. The highest BCUT2D eigenvalue weighted by Gasteiger charge is 2.26. The Morgan fingerprint density at radius 1 is 1.21 bits per heavy atom. The third-order valence-corrected chi connectivity index (χ3v) is 8.26. The molecule has 224 valence electrons. The first kappa shape index (κ1) is 28.7. The van der Waals surface area contributed by atoms with Crippen molar-refractivity contribution < 1.29 is 28.5 Å². The molecule has 0 spiro atoms. The Morgan fingerprint density at radius 2 is 2.02 bits per heavy atom. The first-order chi connectivity index (χ1) is 20.9. The van der Waals surface area contributed by atoms with Crippen molar-refractivity contribution >= 4 is 17.0 Å². The van der Waals surface area contributed by atoms with Crippen LogP contribution in [-0.4, -0.2) is 82.5 Å². The van der Waals surface area contributed by atoms with Crippen LogP contribution in [0, 0.1) is 17.1 Å². The second-order valence-electron chi connectivity index (χ2n) is 11.2. The van der Waals surface area contributed by atoms with E-state index < -0.39 is 11.8 Å². The van der Waals surface area contributed by atoms with Crippen LogP contribution < -0.4 is 4.74 Å². The minimum absolute atomic E-state index is 0.0759. The maximum atomic E-state index is 13.5. The van der Waals surface area contributed by atoms with Gasteiger partial charge in [0.1, 0.15) is 41.9 Å². The van der Waals surface area contributed by atoms with Crippen LogP contribution in [-0.2, 0) is 22.6 Å². The number of allylic oxidation sites excluding steroid dienone is 1. The van der Waals surface area contributed by atoms with E-state index in [-0.39, 0.29) is 29.9 Å². The average molecular weight is 588 g/mol. The highest BCUT2D eigenvalue weighted by Crippen LogP contribution is 2.26. The summed E-state index contributed by atoms with van der Waals surface area (Å²) in [6.45, 7) is 4.69. The molecular formula is C32H34FN5O5. The van der Waals surface area contributed by atoms with Gasteiger partial charge in [-0.05, 0) is 61.7 Å². The van der Waals surface area contributed by atoms with Crippen LogP contribution >= 0.6 is 0 Å². The quantitative estimate of drug-likeness (QED) is 0.371. The number of imidazole rings is 1. The molecule has 3 aromatic rings. The maximum Gasteiger partial charge on any atom is 0.335 e. The number of benzene rings is 2. The highest BCUT2D eigenvalue weighted by molar-refractivity contribution is 5.92. The Balaban J connectivity index is 1.06. The number of fused-ring (bicyclic) bond motifs is 1. The zero-order valence-electron chi connectivity index (χ0n) is 24.0. The first-order valence-electron chi connectivity index (χ1n) is 14.5. The Hall–Kier alpha value is -4.40. The van der Waals surface area contributed by atoms with Crippen molar-refractivity contribution in [3.63, 3.8) is 0 Å². The number of carbonyl (C=O) groups is 1. The minimum Gasteiger partial charge on any atom is -0.491 e. The van der Waals surface area contributed by atoms with Gasteiger partial charge >= 0.3 is 5.97 Å². The Bertz CT molecular complexity index is 1610. The number of nitriles is 1. The fraction of sp³-hybridized carbons (Fsp3) is 0.406. The lowest BCUT2D eigenvalue weighted by Gasteiger charge is -2.34. The van der Waals surface area contributed by atoms with E-state index in [1.54, 1.807) is 18.2 Å². The lowest BCUT2D eigenvalue weighted by atomic mass is 10.1. The van der Waals surface area contributed by atoms with Crippen LogP contribution in [0.25, 0.3) is 11.0 Å². The summed E-state index contributed by atoms with van der Waals surface area (Å²) in [5, 5.41) is 18.8. The van der Waals surface area contributed by atoms with Gasteiger partial charge in [0.05, 0.1) is 47.1 Å². The van der Waals surface area contributed by atoms with Crippen LogP contribution in [0.3, 0.4) is 0 Å². The molecular weight excluding hydrogens is 553 g/mol. The van der Waals surface area contributed by atoms with E-state index in [1.807, 2.05) is 30.2 Å². The molecule has 2 aromatic carbocycles. The van der Waals surface area contributed by atoms with Crippen molar-refractivity contribution in [3.05, 3.63) is 82.8 Å². The molecule has 2 fully saturated rings. The molecule has 1 aromatic heterocycles. The SMILES string of the molecule is CN1CC=C(OC2CCN(Cc3nc4ccc(C(=O)O)cc4n3C[C@@H]3CCO3)CC2)C=C1COc1ccc(F)cc1C#N. The molecule has 4 heterocycles. The van der Waals surface area contributed by atoms with Crippen molar-refractivity contribution in [2.24, 2.45) is 0 Å². The maximum absolute atomic E-state index is 13.5. The van der Waals surface area contributed by atoms with E-state index in [2.05, 4.69) is 9.47 Å². The summed E-state index contributed by atoms with van der Waals surface area (Å²) in [5.74, 6) is 0.635. The molecule has 0 unspecified atom stereocenters. The minimum atomic E-state index is -0.951. The largest absolute Gasteiger partial charge is 0.491 e. The number of rotatable bonds is 10. The van der Waals surface area contributed by atoms with Gasteiger partial charge in [-0.2, -0.15) is 5.26 Å². The second kappa shape index (κ2) is 12.5. The summed E-state index contributed by atoms with van der Waals surface area (Å²) in [5.41, 5.74) is 2.94. The molecule has 0 aliphatic carbocycles. The number of likely N-dealkylation sites (tertiary alicyclic amines) is 1. The first-order valence-corrected chi connectivity index (χ1v) is 14.5. The number of nitrogens with zero attached hydrogens (tertiary/aromatic N) is 5. The topological polar surface area (TPSA) is 113 Å². The van der Waals surface area contributed by atoms with Crippen molar-refractivity contribution in [1.29, 1.82) is 5.26 Å². The van der Waals surface area contributed by atoms with E-state index in [0.717, 1.165) is 67.3 Å². The number of hydrogen-bond acceptors (Lipinski definition) is 8. The molecule has 3 aliphatic rings. The smallest absolute Gasteiger partial charge is 0.335 e. The van der Waals surface area contributed by atoms with Crippen LogP contribution in [0.2, 0.25) is 0 Å². The zero-order valence-corrected chi connectivity index (χ0v) is 24.0. The molecule has 11 heteroatoms. The van der Waals surface area contributed by atoms with Gasteiger partial charge in [-0.25, -0.2) is 14.2 Å². The number of ether oxygens (including phenoxy) is 3. The molecule has 0 amide bonds. The lowest BCUT2D eigenvalue weighted by Crippen LogP contribution is -2.38. The van der Waals surface area contributed by atoms with Gasteiger partial charge < -0.3 is 28.8 Å². The summed E-state index contributed by atoms with van der Waals surface area (Å²) >= 11 is 0. The fourth-order valence-electron chi connectivity index (χ4n) is 5.62. The van der Waals surface area contributed by atoms with Crippen LogP contribution in [0.15, 0.2) is 60.0 Å². The van der Waals surface area contributed by atoms with Crippen LogP contribution in [0.1, 0.15) is 41.0 Å². The molecule has 0 bridgehead atoms. The highest BCUT2D eigenvalue weighted by atomic mass is 19.1. The van der Waals surface area contributed by atoms with E-state index in [0.29, 0.717) is 25.4 Å². The van der Waals surface area contributed by atoms with Crippen molar-refractivity contribution in [2.75, 3.05) is 39.9 Å². The molecule has 2 saturated heterocycles. The van der Waals surface area contributed by atoms with E-state index in [4.69, 9.17) is 19.2 Å². The second-order valence-corrected chi connectivity index (χ2v) is 11.2. The molecule has 1 N–H and O–H groups in total. The monoisotopic (exact) mass is 587 g/mol. The molecule has 3 aliphatic heterocycles. The molecule has 10 nitrogen and oxygen atoms in total. The Kier molecular flexibility index (Phi) is 8.31. The Morgan fingerprint density at radius 3 is 2.74 bits per heavy atom. The third kappa shape index (κ3) is 6.50. The number of carboxylic acids is 1. The van der Waals surface area contributed by atoms with Crippen molar-refractivity contribution in [1.82, 2.24) is 19.4 Å². The summed E-state index contributed by atoms with van der Waals surface area (Å²) in [7, 11) is 1.96. The molecule has 0 radical (unpaired) electrons. The van der Waals surface area contributed by atoms with Crippen molar-refractivity contribution in [3.8, 4) is 11.8 Å². The van der Waals surface area contributed by atoms with Gasteiger partial charge in [0.25, 0.3) is 0 Å². The van der Waals surface area contributed by atoms with E-state index in [9.17, 15) is 19.6 Å². The van der Waals surface area contributed by atoms with Gasteiger partial charge in [-0.3, -0.25) is 4.90 Å². The molecule has 0 saturated carbocycles. The predicted molar refractivity (Wildman–Crippen MR) is 156 cm³/mol. The van der Waals surface area contributed by atoms with Gasteiger partial charge in [-0.1, -0.05) is 0 Å². The van der Waals surface area contributed by atoms with Gasteiger partial charge in [0, 0.05) is 39.4 Å². The predicted octanol–water partition coefficient (Wildman–Crippen LogP) is 4.31. The van der Waals surface area contributed by atoms with Gasteiger partial charge in [-0.15, -0.1) is 0 Å². The number of likely N-dealkylation sites (N-methyl/N-ethyl adjacent to an activating group) is 1. The lowest BCUT2D eigenvalue weighted by molar-refractivity contribution is -0.0592. The standard InChI is InChI=1S/C32H34FN5O5/c1-36-10-6-26(16-24(36)20-42-30-5-3-23(33)14-22(30)17-34)43-25-7-11-37(12-8-25)19-31-35-28-4-2-21(32(39)40)15-29(28)38(31)18-27-9-13-41-27/h2-6,14-16,25,27H,7-13,18-20H2,1H3,(H,39,40)/t27-/m0/s1. The number of aromatic nitrogens is 2. The van der Waals surface area contributed by atoms with Gasteiger partial charge in [0.15, 0.2) is 0 Å². The summed E-state index contributed by atoms with van der Waals surface area (Å²) < 4.78 is 33.5. The summed E-state index contributed by atoms with van der Waals surface area (Å²) in [6.07, 6.45) is 6.92. The van der Waals surface area contributed by atoms with E-state index in [1.165, 1.54) is 18.2 Å². The number of piperidine rings is 1. The number of aromatic carboxylic acids is 1. The van der Waals surface area contributed by atoms with Crippen molar-refractivity contribution in [2.45, 2.75) is 44.6 Å². The number of halogens is 1. The van der Waals surface area contributed by atoms with Crippen LogP contribution in [0.5, 0.6) is 5.75 Å². The normalized spacial score (nSPS) is 19.4. The molecule has 6 rings (SSSR count). The van der Waals surface area contributed by atoms with Gasteiger partial charge in [0.2, 0.25) is 0 Å². The number of carboxylic acid groups (broad SMARTS) is 1. The third-order valence-electron chi connectivity index (χ3n) is 8.26. The average Bonchev–Trinajstić information content (AvgIpc) is 3.32. The summed E-state index contributed by atoms with van der Waals surface area (Å²) in [4.78, 5) is 20.9. The fourth-order valence-corrected chi connectivity index (χ4v) is 5.62. The summed E-state index contributed by atoms with van der Waals surface area (Å²) in [6, 6.07) is 11.0. The molecule has 1 atom stereocenters. The van der Waals surface area contributed by atoms with Crippen LogP contribution in [0.4, 0.5) is 4.39 Å². The van der Waals surface area contributed by atoms with E-state index >= 15 is 0 Å². The zero-order chi connectivity index (χ0) is 29.9. The molecule has 43 heavy (non-hydrogen) atoms. The Labute approximate surface area is 249 Å².